The van der Waals surface area contributed by atoms with Crippen molar-refractivity contribution in [3.63, 3.8) is 0 Å². The number of anilines is 1. The fraction of sp³-hybridized carbons (Fsp3) is 0.311. The number of phenolic OH excluding ortho intramolecular Hbond substituents is 1. The molecule has 16 nitrogen and oxygen atoms in total. The van der Waals surface area contributed by atoms with Crippen LogP contribution in [0, 0.1) is 18.3 Å². The van der Waals surface area contributed by atoms with Crippen molar-refractivity contribution >= 4 is 61.7 Å². The van der Waals surface area contributed by atoms with Crippen LogP contribution >= 0.6 is 22.9 Å². The molecule has 4 unspecified atom stereocenters. The molecule has 6 heterocycles. The Balaban J connectivity index is 1.04. The van der Waals surface area contributed by atoms with E-state index in [2.05, 4.69) is 4.98 Å². The summed E-state index contributed by atoms with van der Waals surface area (Å²) in [4.78, 5) is 79.0. The van der Waals surface area contributed by atoms with Gasteiger partial charge in [0, 0.05) is 66.5 Å². The van der Waals surface area contributed by atoms with Gasteiger partial charge in [0.2, 0.25) is 11.8 Å². The Morgan fingerprint density at radius 2 is 1.71 bits per heavy atom. The number of carbonyl (C=O) groups excluding carboxylic acids is 2. The Labute approximate surface area is 367 Å². The number of aryl methyl sites for hydroxylation is 4. The molecule has 0 bridgehead atoms. The SMILES string of the molecule is COc1cc2nc(CCn3c(=O)n4n(c3=O)C3CC5C(=O)N(c6cc(-c7sc8ccc(Cl)cc8c7C)nn6C)C(=O)C5(C)C(c5ccccc5O)C3=CC4)c(=O)n(C)c2cc1OC. The molecule has 18 heteroatoms. The number of methoxy groups -OCH3 is 2. The largest absolute Gasteiger partial charge is 0.508 e. The summed E-state index contributed by atoms with van der Waals surface area (Å²) >= 11 is 7.87. The smallest absolute Gasteiger partial charge is 0.347 e. The predicted molar refractivity (Wildman–Crippen MR) is 237 cm³/mol. The summed E-state index contributed by atoms with van der Waals surface area (Å²) in [5.74, 6) is -1.70. The Morgan fingerprint density at radius 3 is 2.46 bits per heavy atom. The second kappa shape index (κ2) is 14.4. The van der Waals surface area contributed by atoms with Gasteiger partial charge in [0.05, 0.1) is 54.0 Å². The van der Waals surface area contributed by atoms with Crippen LogP contribution in [0.1, 0.15) is 42.1 Å². The molecule has 1 saturated heterocycles. The van der Waals surface area contributed by atoms with Crippen molar-refractivity contribution in [2.75, 3.05) is 19.1 Å². The first-order valence-corrected chi connectivity index (χ1v) is 21.5. The first-order valence-electron chi connectivity index (χ1n) is 20.3. The van der Waals surface area contributed by atoms with E-state index in [-0.39, 0.29) is 43.2 Å². The number of fused-ring (bicyclic) bond motifs is 6. The van der Waals surface area contributed by atoms with Crippen molar-refractivity contribution in [1.82, 2.24) is 33.3 Å². The maximum atomic E-state index is 15.1. The van der Waals surface area contributed by atoms with Gasteiger partial charge in [-0.05, 0) is 61.1 Å². The van der Waals surface area contributed by atoms with Gasteiger partial charge in [0.1, 0.15) is 23.0 Å². The minimum atomic E-state index is -1.41. The molecule has 322 valence electrons. The highest BCUT2D eigenvalue weighted by atomic mass is 35.5. The van der Waals surface area contributed by atoms with Gasteiger partial charge < -0.3 is 19.1 Å². The fourth-order valence-corrected chi connectivity index (χ4v) is 11.4. The molecule has 7 aromatic rings. The van der Waals surface area contributed by atoms with E-state index in [1.165, 1.54) is 55.1 Å². The number of ether oxygens (including phenoxy) is 2. The fourth-order valence-electron chi connectivity index (χ4n) is 10.1. The molecule has 4 aromatic heterocycles. The normalized spacial score (nSPS) is 20.6. The Hall–Kier alpha value is -6.72. The van der Waals surface area contributed by atoms with Crippen LogP contribution < -0.4 is 31.3 Å². The number of hydrogen-bond acceptors (Lipinski definition) is 11. The maximum Gasteiger partial charge on any atom is 0.347 e. The zero-order valence-electron chi connectivity index (χ0n) is 35.1. The van der Waals surface area contributed by atoms with Crippen molar-refractivity contribution in [3.05, 3.63) is 125 Å². The third-order valence-electron chi connectivity index (χ3n) is 13.3. The van der Waals surface area contributed by atoms with E-state index in [1.807, 2.05) is 31.2 Å². The molecule has 3 aliphatic rings. The average molecular weight is 889 g/mol. The lowest BCUT2D eigenvalue weighted by atomic mass is 9.56. The molecule has 63 heavy (non-hydrogen) atoms. The maximum absolute atomic E-state index is 15.1. The Bertz CT molecular complexity index is 3350. The van der Waals surface area contributed by atoms with Gasteiger partial charge in [-0.2, -0.15) is 5.10 Å². The minimum Gasteiger partial charge on any atom is -0.508 e. The van der Waals surface area contributed by atoms with E-state index in [0.29, 0.717) is 44.4 Å². The Morgan fingerprint density at radius 1 is 0.968 bits per heavy atom. The summed E-state index contributed by atoms with van der Waals surface area (Å²) in [6, 6.07) is 16.6. The van der Waals surface area contributed by atoms with Crippen molar-refractivity contribution in [1.29, 1.82) is 0 Å². The van der Waals surface area contributed by atoms with Crippen LogP contribution in [0.25, 0.3) is 31.7 Å². The van der Waals surface area contributed by atoms with E-state index in [1.54, 1.807) is 57.4 Å². The predicted octanol–water partition coefficient (Wildman–Crippen LogP) is 5.47. The van der Waals surface area contributed by atoms with Crippen LogP contribution in [0.3, 0.4) is 0 Å². The van der Waals surface area contributed by atoms with Gasteiger partial charge in [-0.25, -0.2) is 33.4 Å². The second-order valence-electron chi connectivity index (χ2n) is 16.5. The van der Waals surface area contributed by atoms with Crippen LogP contribution in [-0.4, -0.2) is 64.4 Å². The molecule has 1 saturated carbocycles. The number of rotatable bonds is 8. The number of halogens is 1. The van der Waals surface area contributed by atoms with Crippen LogP contribution in [0.2, 0.25) is 5.02 Å². The number of para-hydroxylation sites is 1. The highest BCUT2D eigenvalue weighted by Gasteiger charge is 2.66. The van der Waals surface area contributed by atoms with E-state index in [9.17, 15) is 24.3 Å². The van der Waals surface area contributed by atoms with Crippen molar-refractivity contribution in [2.45, 2.75) is 51.7 Å². The number of amides is 2. The second-order valence-corrected chi connectivity index (χ2v) is 18.0. The molecule has 2 fully saturated rings. The summed E-state index contributed by atoms with van der Waals surface area (Å²) in [5, 5.41) is 17.8. The quantitative estimate of drug-likeness (QED) is 0.152. The average Bonchev–Trinajstić information content (AvgIpc) is 3.94. The molecular formula is C45H41ClN8O8S. The molecule has 1 aliphatic carbocycles. The van der Waals surface area contributed by atoms with Crippen LogP contribution in [0.4, 0.5) is 5.82 Å². The molecule has 2 aliphatic heterocycles. The van der Waals surface area contributed by atoms with E-state index in [0.717, 1.165) is 25.1 Å². The number of aromatic nitrogens is 7. The number of benzene rings is 3. The highest BCUT2D eigenvalue weighted by molar-refractivity contribution is 7.22. The first kappa shape index (κ1) is 40.4. The van der Waals surface area contributed by atoms with Gasteiger partial charge in [0.25, 0.3) is 5.56 Å². The standard InChI is InChI=1S/C45H41ClN8O8S/c1-22-26-17-23(46)11-12-36(26)63-39(22)30-20-37(50(4)48-30)53-40(56)27-18-31-24(38(45(27,2)42(53)58)25-9-7-8-10-33(25)55)13-16-52-43(59)51(44(60)54(31)52)15-14-28-41(57)49(3)32-21-35(62-6)34(61-5)19-29(32)47-28/h7-13,17,19-21,27,31,38,55H,14-16,18H2,1-6H3. The third kappa shape index (κ3) is 5.74. The topological polar surface area (TPSA) is 178 Å². The lowest BCUT2D eigenvalue weighted by Gasteiger charge is -2.47. The first-order chi connectivity index (χ1) is 30.2. The number of phenols is 1. The summed E-state index contributed by atoms with van der Waals surface area (Å²) in [7, 11) is 6.29. The molecule has 0 radical (unpaired) electrons. The van der Waals surface area contributed by atoms with Gasteiger partial charge in [-0.15, -0.1) is 11.3 Å². The monoisotopic (exact) mass is 888 g/mol. The number of imide groups is 1. The van der Waals surface area contributed by atoms with Gasteiger partial charge in [-0.1, -0.05) is 35.9 Å². The highest BCUT2D eigenvalue weighted by Crippen LogP contribution is 2.62. The minimum absolute atomic E-state index is 0.00790. The van der Waals surface area contributed by atoms with Gasteiger partial charge >= 0.3 is 11.4 Å². The molecule has 0 spiro atoms. The van der Waals surface area contributed by atoms with Crippen LogP contribution in [0.5, 0.6) is 17.2 Å². The number of aromatic hydroxyl groups is 1. The van der Waals surface area contributed by atoms with Crippen LogP contribution in [-0.2, 0) is 43.2 Å². The number of allylic oxidation sites excluding steroid dienone is 2. The lowest BCUT2D eigenvalue weighted by Crippen LogP contribution is -2.49. The molecule has 2 amide bonds. The molecular weight excluding hydrogens is 848 g/mol. The zero-order chi connectivity index (χ0) is 44.4. The van der Waals surface area contributed by atoms with E-state index >= 15 is 4.79 Å². The van der Waals surface area contributed by atoms with Crippen LogP contribution in [0.15, 0.2) is 86.7 Å². The molecule has 4 atom stereocenters. The summed E-state index contributed by atoms with van der Waals surface area (Å²) in [6.45, 7) is 3.57. The zero-order valence-corrected chi connectivity index (χ0v) is 36.7. The van der Waals surface area contributed by atoms with E-state index < -0.39 is 52.0 Å². The summed E-state index contributed by atoms with van der Waals surface area (Å²) in [6.07, 6.45) is 1.82. The Kier molecular flexibility index (Phi) is 9.24. The van der Waals surface area contributed by atoms with Crippen molar-refractivity contribution in [2.24, 2.45) is 25.4 Å². The number of thiophene rings is 1. The summed E-state index contributed by atoms with van der Waals surface area (Å²) < 4.78 is 18.6. The third-order valence-corrected chi connectivity index (χ3v) is 14.8. The molecule has 1 N–H and O–H groups in total. The lowest BCUT2D eigenvalue weighted by molar-refractivity contribution is -0.129. The molecule has 3 aromatic carbocycles. The van der Waals surface area contributed by atoms with Gasteiger partial charge in [-0.3, -0.25) is 19.1 Å². The number of carbonyl (C=O) groups is 2. The van der Waals surface area contributed by atoms with E-state index in [4.69, 9.17) is 26.2 Å². The number of hydrogen-bond donors (Lipinski definition) is 1. The van der Waals surface area contributed by atoms with Crippen molar-refractivity contribution < 1.29 is 24.2 Å². The van der Waals surface area contributed by atoms with Crippen molar-refractivity contribution in [3.8, 4) is 27.8 Å². The van der Waals surface area contributed by atoms with Gasteiger partial charge in [0.15, 0.2) is 11.5 Å². The molecule has 10 rings (SSSR count). The number of nitrogens with zero attached hydrogens (tertiary/aromatic N) is 8. The summed E-state index contributed by atoms with van der Waals surface area (Å²) in [5.41, 5.74) is 0.705.